The van der Waals surface area contributed by atoms with E-state index in [-0.39, 0.29) is 22.8 Å². The molecule has 0 atom stereocenters. The van der Waals surface area contributed by atoms with Crippen LogP contribution in [0.2, 0.25) is 0 Å². The minimum absolute atomic E-state index is 0.0568. The molecule has 2 N–H and O–H groups in total. The van der Waals surface area contributed by atoms with E-state index in [0.29, 0.717) is 17.3 Å². The maximum Gasteiger partial charge on any atom is 0.335 e. The fraction of sp³-hybridized carbons (Fsp3) is 0.375. The Kier molecular flexibility index (Phi) is 4.85. The Bertz CT molecular complexity index is 1040. The molecule has 1 aliphatic heterocycles. The van der Waals surface area contributed by atoms with Gasteiger partial charge in [-0.2, -0.15) is 15.0 Å². The zero-order valence-corrected chi connectivity index (χ0v) is 16.8. The van der Waals surface area contributed by atoms with Crippen molar-refractivity contribution in [3.05, 3.63) is 29.6 Å². The van der Waals surface area contributed by atoms with Crippen molar-refractivity contribution in [3.8, 4) is 6.01 Å². The molecule has 12 heteroatoms. The van der Waals surface area contributed by atoms with E-state index in [2.05, 4.69) is 20.3 Å². The predicted molar refractivity (Wildman–Crippen MR) is 101 cm³/mol. The van der Waals surface area contributed by atoms with Gasteiger partial charge in [-0.25, -0.2) is 22.2 Å². The van der Waals surface area contributed by atoms with Crippen LogP contribution in [-0.4, -0.2) is 47.9 Å². The van der Waals surface area contributed by atoms with E-state index < -0.39 is 16.1 Å². The molecule has 4 rings (SSSR count). The number of carbonyl (C=O) groups is 1. The van der Waals surface area contributed by atoms with E-state index in [1.807, 2.05) is 22.1 Å². The topological polar surface area (TPSA) is 126 Å². The van der Waals surface area contributed by atoms with E-state index >= 15 is 0 Å². The Labute approximate surface area is 166 Å². The molecule has 1 fully saturated rings. The number of rotatable bonds is 5. The van der Waals surface area contributed by atoms with Crippen LogP contribution in [0.4, 0.5) is 10.7 Å². The summed E-state index contributed by atoms with van der Waals surface area (Å²) in [5.41, 5.74) is 0.895. The first-order chi connectivity index (χ1) is 13.4. The molecule has 2 amide bonds. The second-order valence-corrected chi connectivity index (χ2v) is 9.32. The van der Waals surface area contributed by atoms with Crippen LogP contribution in [0.5, 0.6) is 6.01 Å². The standard InChI is InChI=1S/C16H18N6O4S2/c1-22-8-10-4-3-5-11(12(10)27-22)28(24,25)21-15(23)19-14-17-13(9-6-7-9)18-16(20-14)26-2/h3-5,9H,6-8H2,1-2H3,(H2,17,18,19,20,21,23). The molecule has 2 aromatic rings. The molecule has 2 aliphatic rings. The fourth-order valence-electron chi connectivity index (χ4n) is 2.78. The summed E-state index contributed by atoms with van der Waals surface area (Å²) in [5, 5.41) is 2.35. The number of amides is 2. The summed E-state index contributed by atoms with van der Waals surface area (Å²) in [4.78, 5) is 25.2. The number of benzene rings is 1. The van der Waals surface area contributed by atoms with Gasteiger partial charge >= 0.3 is 12.0 Å². The molecule has 10 nitrogen and oxygen atoms in total. The maximum absolute atomic E-state index is 12.7. The number of sulfonamides is 1. The smallest absolute Gasteiger partial charge is 0.335 e. The van der Waals surface area contributed by atoms with Gasteiger partial charge in [0.2, 0.25) is 5.95 Å². The highest BCUT2D eigenvalue weighted by atomic mass is 32.2. The van der Waals surface area contributed by atoms with Crippen LogP contribution in [0.1, 0.15) is 30.1 Å². The first-order valence-electron chi connectivity index (χ1n) is 8.50. The molecule has 0 saturated heterocycles. The minimum Gasteiger partial charge on any atom is -0.467 e. The second-order valence-electron chi connectivity index (χ2n) is 6.46. The Morgan fingerprint density at radius 3 is 2.79 bits per heavy atom. The van der Waals surface area contributed by atoms with E-state index in [1.165, 1.54) is 25.1 Å². The van der Waals surface area contributed by atoms with Crippen molar-refractivity contribution in [2.75, 3.05) is 19.5 Å². The zero-order chi connectivity index (χ0) is 19.9. The summed E-state index contributed by atoms with van der Waals surface area (Å²) in [6.45, 7) is 0.629. The van der Waals surface area contributed by atoms with E-state index in [0.717, 1.165) is 18.4 Å². The Morgan fingerprint density at radius 1 is 1.29 bits per heavy atom. The lowest BCUT2D eigenvalue weighted by Crippen LogP contribution is -2.35. The highest BCUT2D eigenvalue weighted by Crippen LogP contribution is 2.39. The highest BCUT2D eigenvalue weighted by molar-refractivity contribution is 7.98. The number of hydrogen-bond donors (Lipinski definition) is 2. The molecule has 148 valence electrons. The number of nitrogens with zero attached hydrogens (tertiary/aromatic N) is 4. The van der Waals surface area contributed by atoms with E-state index in [4.69, 9.17) is 4.74 Å². The largest absolute Gasteiger partial charge is 0.467 e. The minimum atomic E-state index is -4.07. The summed E-state index contributed by atoms with van der Waals surface area (Å²) < 4.78 is 34.4. The average Bonchev–Trinajstić information content (AvgIpc) is 3.41. The van der Waals surface area contributed by atoms with Gasteiger partial charge in [0.25, 0.3) is 10.0 Å². The summed E-state index contributed by atoms with van der Waals surface area (Å²) in [7, 11) is -0.794. The lowest BCUT2D eigenvalue weighted by molar-refractivity contribution is 0.256. The molecule has 1 aromatic carbocycles. The molecule has 0 unspecified atom stereocenters. The number of hydrogen-bond acceptors (Lipinski definition) is 9. The molecule has 0 bridgehead atoms. The van der Waals surface area contributed by atoms with Crippen LogP contribution in [-0.2, 0) is 16.6 Å². The molecule has 2 heterocycles. The number of fused-ring (bicyclic) bond motifs is 1. The first-order valence-corrected chi connectivity index (χ1v) is 10.8. The van der Waals surface area contributed by atoms with Crippen molar-refractivity contribution in [2.45, 2.75) is 35.1 Å². The van der Waals surface area contributed by atoms with E-state index in [1.54, 1.807) is 6.07 Å². The van der Waals surface area contributed by atoms with Crippen molar-refractivity contribution in [2.24, 2.45) is 0 Å². The summed E-state index contributed by atoms with van der Waals surface area (Å²) in [5.74, 6) is 0.671. The monoisotopic (exact) mass is 422 g/mol. The van der Waals surface area contributed by atoms with Gasteiger partial charge in [0.1, 0.15) is 10.7 Å². The van der Waals surface area contributed by atoms with Gasteiger partial charge < -0.3 is 4.74 Å². The van der Waals surface area contributed by atoms with Crippen LogP contribution in [0.15, 0.2) is 28.0 Å². The summed E-state index contributed by atoms with van der Waals surface area (Å²) in [6.07, 6.45) is 1.91. The fourth-order valence-corrected chi connectivity index (χ4v) is 5.18. The molecule has 0 radical (unpaired) electrons. The average molecular weight is 422 g/mol. The van der Waals surface area contributed by atoms with Gasteiger partial charge in [0.15, 0.2) is 0 Å². The number of aromatic nitrogens is 3. The summed E-state index contributed by atoms with van der Waals surface area (Å²) in [6, 6.07) is 4.10. The van der Waals surface area contributed by atoms with Crippen LogP contribution in [0.3, 0.4) is 0 Å². The second kappa shape index (κ2) is 7.18. The lowest BCUT2D eigenvalue weighted by Gasteiger charge is -2.11. The van der Waals surface area contributed by atoms with Crippen molar-refractivity contribution < 1.29 is 17.9 Å². The number of carbonyl (C=O) groups excluding carboxylic acids is 1. The quantitative estimate of drug-likeness (QED) is 0.692. The van der Waals surface area contributed by atoms with Gasteiger partial charge in [-0.1, -0.05) is 12.1 Å². The third-order valence-electron chi connectivity index (χ3n) is 4.20. The number of methoxy groups -OCH3 is 1. The Morgan fingerprint density at radius 2 is 2.07 bits per heavy atom. The third-order valence-corrected chi connectivity index (χ3v) is 6.81. The van der Waals surface area contributed by atoms with Crippen LogP contribution >= 0.6 is 11.9 Å². The van der Waals surface area contributed by atoms with E-state index in [9.17, 15) is 13.2 Å². The lowest BCUT2D eigenvalue weighted by atomic mass is 10.2. The Balaban J connectivity index is 1.53. The number of ether oxygens (including phenoxy) is 1. The molecular weight excluding hydrogens is 404 g/mol. The van der Waals surface area contributed by atoms with Crippen molar-refractivity contribution in [1.82, 2.24) is 24.0 Å². The van der Waals surface area contributed by atoms with Gasteiger partial charge in [-0.3, -0.25) is 5.32 Å². The first kappa shape index (κ1) is 18.9. The number of nitrogens with one attached hydrogen (secondary N) is 2. The highest BCUT2D eigenvalue weighted by Gasteiger charge is 2.30. The van der Waals surface area contributed by atoms with Gasteiger partial charge in [0, 0.05) is 17.4 Å². The summed E-state index contributed by atoms with van der Waals surface area (Å²) >= 11 is 1.33. The molecule has 0 spiro atoms. The third kappa shape index (κ3) is 3.88. The molecule has 1 aliphatic carbocycles. The zero-order valence-electron chi connectivity index (χ0n) is 15.2. The number of anilines is 1. The Hall–Kier alpha value is -2.44. The maximum atomic E-state index is 12.7. The van der Waals surface area contributed by atoms with Gasteiger partial charge in [0.05, 0.1) is 7.11 Å². The van der Waals surface area contributed by atoms with Gasteiger partial charge in [-0.05, 0) is 43.5 Å². The van der Waals surface area contributed by atoms with Crippen molar-refractivity contribution in [3.63, 3.8) is 0 Å². The van der Waals surface area contributed by atoms with Gasteiger partial charge in [-0.15, -0.1) is 0 Å². The van der Waals surface area contributed by atoms with Crippen molar-refractivity contribution >= 4 is 34.0 Å². The van der Waals surface area contributed by atoms with Crippen LogP contribution < -0.4 is 14.8 Å². The predicted octanol–water partition coefficient (Wildman–Crippen LogP) is 1.72. The van der Waals surface area contributed by atoms with Crippen LogP contribution in [0.25, 0.3) is 0 Å². The molecule has 1 saturated carbocycles. The molecular formula is C16H18N6O4S2. The molecule has 28 heavy (non-hydrogen) atoms. The number of urea groups is 1. The molecule has 1 aromatic heterocycles. The SMILES string of the molecule is COc1nc(NC(=O)NS(=O)(=O)c2cccc3c2SN(C)C3)nc(C2CC2)n1. The normalized spacial score (nSPS) is 16.5. The van der Waals surface area contributed by atoms with Crippen molar-refractivity contribution in [1.29, 1.82) is 0 Å². The van der Waals surface area contributed by atoms with Crippen LogP contribution in [0, 0.1) is 0 Å².